The highest BCUT2D eigenvalue weighted by atomic mass is 35.5. The van der Waals surface area contributed by atoms with Crippen LogP contribution in [-0.2, 0) is 11.3 Å². The van der Waals surface area contributed by atoms with Gasteiger partial charge in [0.15, 0.2) is 4.34 Å². The Morgan fingerprint density at radius 3 is 2.72 bits per heavy atom. The van der Waals surface area contributed by atoms with Gasteiger partial charge in [-0.1, -0.05) is 64.4 Å². The Morgan fingerprint density at radius 1 is 1.18 bits per heavy atom. The Kier molecular flexibility index (Phi) is 9.21. The molecule has 1 aliphatic heterocycles. The molecule has 0 saturated carbocycles. The Labute approximate surface area is 245 Å². The summed E-state index contributed by atoms with van der Waals surface area (Å²) in [5, 5.41) is 10.4. The monoisotopic (exact) mass is 602 g/mol. The third-order valence-electron chi connectivity index (χ3n) is 6.40. The van der Waals surface area contributed by atoms with Crippen molar-refractivity contribution in [3.05, 3.63) is 69.3 Å². The number of thiazole rings is 1. The van der Waals surface area contributed by atoms with Crippen molar-refractivity contribution in [1.29, 1.82) is 0 Å². The number of carbonyl (C=O) groups is 1. The van der Waals surface area contributed by atoms with Gasteiger partial charge in [-0.2, -0.15) is 4.98 Å². The summed E-state index contributed by atoms with van der Waals surface area (Å²) in [4.78, 5) is 24.1. The SMILES string of the molecule is CC(N)c1nc(-c2cccc(-c3csc(SCC(=O)NC4CCN(Cc5ccc(Cl)c(Cl)c5)CC4)n3)c2)no1. The number of likely N-dealkylation sites (tertiary alicyclic amines) is 1. The second kappa shape index (κ2) is 12.8. The summed E-state index contributed by atoms with van der Waals surface area (Å²) in [6.07, 6.45) is 1.84. The molecule has 1 saturated heterocycles. The zero-order valence-electron chi connectivity index (χ0n) is 21.3. The number of carbonyl (C=O) groups excluding carboxylic acids is 1. The zero-order valence-corrected chi connectivity index (χ0v) is 24.4. The molecule has 39 heavy (non-hydrogen) atoms. The molecule has 1 atom stereocenters. The summed E-state index contributed by atoms with van der Waals surface area (Å²) in [6, 6.07) is 13.4. The lowest BCUT2D eigenvalue weighted by atomic mass is 10.0. The third-order valence-corrected chi connectivity index (χ3v) is 9.16. The quantitative estimate of drug-likeness (QED) is 0.222. The van der Waals surface area contributed by atoms with Crippen molar-refractivity contribution in [2.45, 2.75) is 42.7 Å². The van der Waals surface area contributed by atoms with E-state index in [-0.39, 0.29) is 18.0 Å². The van der Waals surface area contributed by atoms with Crippen molar-refractivity contribution in [2.24, 2.45) is 5.73 Å². The number of benzene rings is 2. The molecule has 0 radical (unpaired) electrons. The number of hydrogen-bond acceptors (Lipinski definition) is 9. The molecule has 4 aromatic rings. The van der Waals surface area contributed by atoms with E-state index in [9.17, 15) is 4.79 Å². The number of piperidine rings is 1. The molecule has 0 aliphatic carbocycles. The minimum Gasteiger partial charge on any atom is -0.353 e. The maximum absolute atomic E-state index is 12.6. The predicted octanol–water partition coefficient (Wildman–Crippen LogP) is 6.06. The molecule has 0 spiro atoms. The van der Waals surface area contributed by atoms with Crippen LogP contribution in [0.4, 0.5) is 0 Å². The number of rotatable bonds is 9. The minimum atomic E-state index is -0.322. The zero-order chi connectivity index (χ0) is 27.4. The van der Waals surface area contributed by atoms with Crippen LogP contribution in [0.1, 0.15) is 37.3 Å². The average Bonchev–Trinajstić information content (AvgIpc) is 3.62. The van der Waals surface area contributed by atoms with Gasteiger partial charge in [-0.3, -0.25) is 9.69 Å². The van der Waals surface area contributed by atoms with Crippen LogP contribution in [-0.4, -0.2) is 50.8 Å². The van der Waals surface area contributed by atoms with Crippen LogP contribution in [0, 0.1) is 0 Å². The third kappa shape index (κ3) is 7.39. The Hall–Kier alpha value is -2.47. The summed E-state index contributed by atoms with van der Waals surface area (Å²) < 4.78 is 6.07. The van der Waals surface area contributed by atoms with Crippen molar-refractivity contribution in [3.63, 3.8) is 0 Å². The number of thioether (sulfide) groups is 1. The van der Waals surface area contributed by atoms with Gasteiger partial charge >= 0.3 is 0 Å². The van der Waals surface area contributed by atoms with Crippen LogP contribution in [0.5, 0.6) is 0 Å². The minimum absolute atomic E-state index is 0.0312. The molecule has 1 fully saturated rings. The van der Waals surface area contributed by atoms with Crippen LogP contribution in [0.2, 0.25) is 10.0 Å². The first-order valence-corrected chi connectivity index (χ1v) is 15.2. The molecule has 0 bridgehead atoms. The largest absolute Gasteiger partial charge is 0.353 e. The summed E-state index contributed by atoms with van der Waals surface area (Å²) in [7, 11) is 0. The van der Waals surface area contributed by atoms with E-state index in [0.717, 1.165) is 59.2 Å². The fourth-order valence-corrected chi connectivity index (χ4v) is 6.31. The summed E-state index contributed by atoms with van der Waals surface area (Å²) in [6.45, 7) is 4.46. The lowest BCUT2D eigenvalue weighted by Gasteiger charge is -2.32. The van der Waals surface area contributed by atoms with Crippen LogP contribution in [0.25, 0.3) is 22.6 Å². The summed E-state index contributed by atoms with van der Waals surface area (Å²) in [5.41, 5.74) is 9.58. The normalized spacial score (nSPS) is 15.4. The Balaban J connectivity index is 1.09. The van der Waals surface area contributed by atoms with Gasteiger partial charge in [0, 0.05) is 42.2 Å². The average molecular weight is 604 g/mol. The van der Waals surface area contributed by atoms with Gasteiger partial charge in [0.05, 0.1) is 27.5 Å². The van der Waals surface area contributed by atoms with Crippen molar-refractivity contribution in [3.8, 4) is 22.6 Å². The molecule has 8 nitrogen and oxygen atoms in total. The van der Waals surface area contributed by atoms with Gasteiger partial charge in [-0.15, -0.1) is 11.3 Å². The topological polar surface area (TPSA) is 110 Å². The Bertz CT molecular complexity index is 1440. The van der Waals surface area contributed by atoms with E-state index in [1.807, 2.05) is 47.8 Å². The molecular formula is C27H28Cl2N6O2S2. The van der Waals surface area contributed by atoms with Crippen molar-refractivity contribution in [2.75, 3.05) is 18.8 Å². The van der Waals surface area contributed by atoms with Crippen LogP contribution in [0.15, 0.2) is 56.7 Å². The number of nitrogens with zero attached hydrogens (tertiary/aromatic N) is 4. The van der Waals surface area contributed by atoms with Crippen LogP contribution < -0.4 is 11.1 Å². The van der Waals surface area contributed by atoms with Gasteiger partial charge in [-0.05, 0) is 43.5 Å². The maximum Gasteiger partial charge on any atom is 0.243 e. The van der Waals surface area contributed by atoms with E-state index >= 15 is 0 Å². The molecule has 5 rings (SSSR count). The molecule has 1 aliphatic rings. The van der Waals surface area contributed by atoms with Crippen molar-refractivity contribution < 1.29 is 9.32 Å². The predicted molar refractivity (Wildman–Crippen MR) is 157 cm³/mol. The van der Waals surface area contributed by atoms with Gasteiger partial charge in [0.1, 0.15) is 0 Å². The van der Waals surface area contributed by atoms with Gasteiger partial charge in [0.25, 0.3) is 0 Å². The highest BCUT2D eigenvalue weighted by Crippen LogP contribution is 2.30. The maximum atomic E-state index is 12.6. The second-order valence-corrected chi connectivity index (χ2v) is 12.4. The fourth-order valence-electron chi connectivity index (χ4n) is 4.34. The van der Waals surface area contributed by atoms with E-state index in [2.05, 4.69) is 20.4 Å². The molecule has 2 aromatic carbocycles. The number of nitrogens with one attached hydrogen (secondary N) is 1. The number of hydrogen-bond donors (Lipinski definition) is 2. The first-order valence-electron chi connectivity index (χ1n) is 12.6. The van der Waals surface area contributed by atoms with E-state index in [1.54, 1.807) is 6.92 Å². The highest BCUT2D eigenvalue weighted by molar-refractivity contribution is 8.01. The first-order chi connectivity index (χ1) is 18.8. The lowest BCUT2D eigenvalue weighted by molar-refractivity contribution is -0.119. The van der Waals surface area contributed by atoms with E-state index in [4.69, 9.17) is 38.4 Å². The van der Waals surface area contributed by atoms with Gasteiger partial charge in [-0.25, -0.2) is 4.98 Å². The standard InChI is InChI=1S/C27H28Cl2N6O2S2/c1-16(30)26-33-25(34-37-26)19-4-2-3-18(12-19)23-14-38-27(32-23)39-15-24(36)31-20-7-9-35(10-8-20)13-17-5-6-21(28)22(29)11-17/h2-6,11-12,14,16,20H,7-10,13,15,30H2,1H3,(H,31,36). The smallest absolute Gasteiger partial charge is 0.243 e. The molecular weight excluding hydrogens is 575 g/mol. The Morgan fingerprint density at radius 2 is 1.97 bits per heavy atom. The highest BCUT2D eigenvalue weighted by Gasteiger charge is 2.21. The van der Waals surface area contributed by atoms with Crippen LogP contribution >= 0.6 is 46.3 Å². The summed E-state index contributed by atoms with van der Waals surface area (Å²) >= 11 is 15.1. The van der Waals surface area contributed by atoms with E-state index in [1.165, 1.54) is 23.1 Å². The number of amides is 1. The number of nitrogens with two attached hydrogens (primary N) is 1. The molecule has 1 unspecified atom stereocenters. The fraction of sp³-hybridized carbons (Fsp3) is 0.333. The van der Waals surface area contributed by atoms with Crippen molar-refractivity contribution >= 4 is 52.2 Å². The molecule has 1 amide bonds. The van der Waals surface area contributed by atoms with Gasteiger partial charge in [0.2, 0.25) is 17.6 Å². The number of halogens is 2. The molecule has 204 valence electrons. The van der Waals surface area contributed by atoms with Crippen LogP contribution in [0.3, 0.4) is 0 Å². The second-order valence-electron chi connectivity index (χ2n) is 9.48. The molecule has 2 aromatic heterocycles. The van der Waals surface area contributed by atoms with E-state index in [0.29, 0.717) is 27.5 Å². The molecule has 3 heterocycles. The number of aromatic nitrogens is 3. The molecule has 12 heteroatoms. The van der Waals surface area contributed by atoms with Crippen molar-refractivity contribution in [1.82, 2.24) is 25.3 Å². The summed E-state index contributed by atoms with van der Waals surface area (Å²) in [5.74, 6) is 1.25. The van der Waals surface area contributed by atoms with E-state index < -0.39 is 0 Å². The lowest BCUT2D eigenvalue weighted by Crippen LogP contribution is -2.44. The van der Waals surface area contributed by atoms with Gasteiger partial charge < -0.3 is 15.6 Å². The first kappa shape index (κ1) is 28.1. The molecule has 3 N–H and O–H groups in total.